The summed E-state index contributed by atoms with van der Waals surface area (Å²) in [4.78, 5) is 0. The van der Waals surface area contributed by atoms with Gasteiger partial charge in [-0.05, 0) is 73.5 Å². The van der Waals surface area contributed by atoms with Crippen molar-refractivity contribution < 1.29 is 4.74 Å². The number of hydrogen-bond acceptors (Lipinski definition) is 1. The van der Waals surface area contributed by atoms with E-state index >= 15 is 0 Å². The zero-order valence-corrected chi connectivity index (χ0v) is 21.1. The van der Waals surface area contributed by atoms with Gasteiger partial charge in [0.2, 0.25) is 0 Å². The van der Waals surface area contributed by atoms with Crippen molar-refractivity contribution >= 4 is 11.6 Å². The van der Waals surface area contributed by atoms with Gasteiger partial charge in [-0.2, -0.15) is 0 Å². The van der Waals surface area contributed by atoms with Crippen LogP contribution in [0.2, 0.25) is 0 Å². The quantitative estimate of drug-likeness (QED) is 0.229. The molecule has 0 aliphatic heterocycles. The Morgan fingerprint density at radius 3 is 2.03 bits per heavy atom. The lowest BCUT2D eigenvalue weighted by molar-refractivity contribution is 0.177. The molecule has 1 unspecified atom stereocenters. The standard InChI is InChI=1S/C29H47ClO/c1-3-5-6-8-24-9-11-26(12-10-24)22-31-28-19-15-25(16-20-28)21-29(30)27-17-13-23(7-4-2)14-18-27/h15-16,19-20,23-24,26-27,29H,3-14,17-18,21-22H2,1-2H3/t23-,24-,26-,27-,29?. The van der Waals surface area contributed by atoms with E-state index in [4.69, 9.17) is 16.3 Å². The lowest BCUT2D eigenvalue weighted by Crippen LogP contribution is -2.23. The summed E-state index contributed by atoms with van der Waals surface area (Å²) < 4.78 is 6.16. The van der Waals surface area contributed by atoms with Crippen molar-refractivity contribution in [2.75, 3.05) is 6.61 Å². The zero-order chi connectivity index (χ0) is 21.9. The lowest BCUT2D eigenvalue weighted by atomic mass is 9.78. The molecule has 0 bridgehead atoms. The highest BCUT2D eigenvalue weighted by Gasteiger charge is 2.26. The Morgan fingerprint density at radius 2 is 1.39 bits per heavy atom. The van der Waals surface area contributed by atoms with Crippen LogP contribution in [-0.2, 0) is 6.42 Å². The summed E-state index contributed by atoms with van der Waals surface area (Å²) in [7, 11) is 0. The molecule has 0 radical (unpaired) electrons. The van der Waals surface area contributed by atoms with Crippen molar-refractivity contribution in [1.29, 1.82) is 0 Å². The van der Waals surface area contributed by atoms with E-state index in [2.05, 4.69) is 38.1 Å². The Kier molecular flexibility index (Phi) is 11.1. The zero-order valence-electron chi connectivity index (χ0n) is 20.3. The van der Waals surface area contributed by atoms with Crippen molar-refractivity contribution in [3.63, 3.8) is 0 Å². The van der Waals surface area contributed by atoms with E-state index in [-0.39, 0.29) is 5.38 Å². The molecule has 2 fully saturated rings. The number of halogens is 1. The monoisotopic (exact) mass is 446 g/mol. The number of hydrogen-bond donors (Lipinski definition) is 0. The number of ether oxygens (including phenoxy) is 1. The molecule has 2 aliphatic carbocycles. The Morgan fingerprint density at radius 1 is 0.774 bits per heavy atom. The Labute approximate surface area is 197 Å². The number of rotatable bonds is 12. The molecule has 1 nitrogen and oxygen atoms in total. The molecular formula is C29H47ClO. The number of alkyl halides is 1. The van der Waals surface area contributed by atoms with Gasteiger partial charge < -0.3 is 4.74 Å². The fourth-order valence-electron chi connectivity index (χ4n) is 5.94. The third-order valence-electron chi connectivity index (χ3n) is 8.12. The fraction of sp³-hybridized carbons (Fsp3) is 0.793. The van der Waals surface area contributed by atoms with Gasteiger partial charge in [-0.1, -0.05) is 90.2 Å². The normalized spacial score (nSPS) is 27.7. The molecule has 0 saturated heterocycles. The van der Waals surface area contributed by atoms with Crippen LogP contribution in [0, 0.1) is 23.7 Å². The molecule has 0 N–H and O–H groups in total. The van der Waals surface area contributed by atoms with E-state index in [0.717, 1.165) is 36.5 Å². The molecule has 2 aliphatic rings. The minimum absolute atomic E-state index is 0.279. The molecule has 3 rings (SSSR count). The molecule has 0 spiro atoms. The molecule has 1 aromatic carbocycles. The van der Waals surface area contributed by atoms with Crippen LogP contribution >= 0.6 is 11.6 Å². The van der Waals surface area contributed by atoms with Crippen LogP contribution in [0.15, 0.2) is 24.3 Å². The second-order valence-electron chi connectivity index (χ2n) is 10.6. The molecule has 31 heavy (non-hydrogen) atoms. The average Bonchev–Trinajstić information content (AvgIpc) is 2.80. The fourth-order valence-corrected chi connectivity index (χ4v) is 6.37. The third-order valence-corrected chi connectivity index (χ3v) is 8.63. The highest BCUT2D eigenvalue weighted by Crippen LogP contribution is 2.36. The topological polar surface area (TPSA) is 9.23 Å². The van der Waals surface area contributed by atoms with E-state index < -0.39 is 0 Å². The van der Waals surface area contributed by atoms with Crippen LogP contribution in [0.25, 0.3) is 0 Å². The van der Waals surface area contributed by atoms with Crippen molar-refractivity contribution in [2.24, 2.45) is 23.7 Å². The first kappa shape index (κ1) is 24.9. The summed E-state index contributed by atoms with van der Waals surface area (Å²) in [6.07, 6.45) is 20.3. The van der Waals surface area contributed by atoms with Gasteiger partial charge in [0.15, 0.2) is 0 Å². The first-order chi connectivity index (χ1) is 15.2. The second kappa shape index (κ2) is 13.8. The van der Waals surface area contributed by atoms with Gasteiger partial charge in [-0.25, -0.2) is 0 Å². The molecule has 1 atom stereocenters. The smallest absolute Gasteiger partial charge is 0.119 e. The summed E-state index contributed by atoms with van der Waals surface area (Å²) in [6, 6.07) is 8.79. The van der Waals surface area contributed by atoms with Gasteiger partial charge in [0.25, 0.3) is 0 Å². The van der Waals surface area contributed by atoms with Crippen LogP contribution < -0.4 is 4.74 Å². The van der Waals surface area contributed by atoms with Gasteiger partial charge in [0.1, 0.15) is 5.75 Å². The van der Waals surface area contributed by atoms with Crippen molar-refractivity contribution in [2.45, 2.75) is 116 Å². The summed E-state index contributed by atoms with van der Waals surface area (Å²) in [5.41, 5.74) is 1.36. The highest BCUT2D eigenvalue weighted by molar-refractivity contribution is 6.20. The molecule has 0 aromatic heterocycles. The molecule has 1 aromatic rings. The van der Waals surface area contributed by atoms with E-state index in [1.54, 1.807) is 0 Å². The second-order valence-corrected chi connectivity index (χ2v) is 11.2. The van der Waals surface area contributed by atoms with E-state index in [9.17, 15) is 0 Å². The average molecular weight is 447 g/mol. The Hall–Kier alpha value is -0.690. The highest BCUT2D eigenvalue weighted by atomic mass is 35.5. The molecule has 0 amide bonds. The maximum atomic E-state index is 6.84. The van der Waals surface area contributed by atoms with Crippen molar-refractivity contribution in [1.82, 2.24) is 0 Å². The number of benzene rings is 1. The van der Waals surface area contributed by atoms with Crippen LogP contribution in [0.3, 0.4) is 0 Å². The summed E-state index contributed by atoms with van der Waals surface area (Å²) in [5.74, 6) is 4.41. The molecule has 2 saturated carbocycles. The molecule has 176 valence electrons. The summed E-state index contributed by atoms with van der Waals surface area (Å²) in [6.45, 7) is 5.50. The summed E-state index contributed by atoms with van der Waals surface area (Å²) >= 11 is 6.84. The van der Waals surface area contributed by atoms with Crippen LogP contribution in [0.1, 0.15) is 109 Å². The van der Waals surface area contributed by atoms with Crippen molar-refractivity contribution in [3.05, 3.63) is 29.8 Å². The predicted octanol–water partition coefficient (Wildman–Crippen LogP) is 9.21. The SMILES string of the molecule is CCCCC[C@H]1CC[C@H](COc2ccc(CC(Cl)[C@H]3CC[C@H](CCC)CC3)cc2)CC1. The van der Waals surface area contributed by atoms with Gasteiger partial charge >= 0.3 is 0 Å². The first-order valence-corrected chi connectivity index (χ1v) is 14.0. The van der Waals surface area contributed by atoms with Gasteiger partial charge in [0, 0.05) is 5.38 Å². The lowest BCUT2D eigenvalue weighted by Gasteiger charge is -2.31. The van der Waals surface area contributed by atoms with Crippen LogP contribution in [0.4, 0.5) is 0 Å². The Bertz CT molecular complexity index is 581. The van der Waals surface area contributed by atoms with Gasteiger partial charge in [-0.15, -0.1) is 11.6 Å². The van der Waals surface area contributed by atoms with Crippen molar-refractivity contribution in [3.8, 4) is 5.75 Å². The largest absolute Gasteiger partial charge is 0.493 e. The van der Waals surface area contributed by atoms with Gasteiger partial charge in [0.05, 0.1) is 6.61 Å². The minimum Gasteiger partial charge on any atom is -0.493 e. The van der Waals surface area contributed by atoms with E-state index in [0.29, 0.717) is 5.92 Å². The van der Waals surface area contributed by atoms with E-state index in [1.807, 2.05) is 0 Å². The maximum absolute atomic E-state index is 6.84. The third kappa shape index (κ3) is 8.64. The van der Waals surface area contributed by atoms with Gasteiger partial charge in [-0.3, -0.25) is 0 Å². The molecule has 2 heteroatoms. The predicted molar refractivity (Wildman–Crippen MR) is 135 cm³/mol. The van der Waals surface area contributed by atoms with Crippen LogP contribution in [-0.4, -0.2) is 12.0 Å². The molecular weight excluding hydrogens is 400 g/mol. The molecule has 0 heterocycles. The Balaban J connectivity index is 1.33. The maximum Gasteiger partial charge on any atom is 0.119 e. The van der Waals surface area contributed by atoms with E-state index in [1.165, 1.54) is 95.5 Å². The minimum atomic E-state index is 0.279. The van der Waals surface area contributed by atoms with Crippen LogP contribution in [0.5, 0.6) is 5.75 Å². The first-order valence-electron chi connectivity index (χ1n) is 13.5. The summed E-state index contributed by atoms with van der Waals surface area (Å²) in [5, 5.41) is 0.279. The number of unbranched alkanes of at least 4 members (excludes halogenated alkanes) is 2.